The molecule has 0 fully saturated rings. The summed E-state index contributed by atoms with van der Waals surface area (Å²) in [5.74, 6) is -0.524. The van der Waals surface area contributed by atoms with Gasteiger partial charge in [-0.3, -0.25) is 4.79 Å². The van der Waals surface area contributed by atoms with E-state index >= 15 is 0 Å². The second-order valence-corrected chi connectivity index (χ2v) is 6.80. The normalized spacial score (nSPS) is 10.9. The van der Waals surface area contributed by atoms with Crippen molar-refractivity contribution in [3.05, 3.63) is 59.7 Å². The van der Waals surface area contributed by atoms with Gasteiger partial charge in [0.1, 0.15) is 0 Å². The van der Waals surface area contributed by atoms with Crippen LogP contribution in [0.5, 0.6) is 0 Å². The third-order valence-corrected chi connectivity index (χ3v) is 3.79. The lowest BCUT2D eigenvalue weighted by molar-refractivity contribution is -0.114. The minimum absolute atomic E-state index is 0.0838. The van der Waals surface area contributed by atoms with E-state index in [0.717, 1.165) is 11.4 Å². The van der Waals surface area contributed by atoms with Crippen molar-refractivity contribution in [3.63, 3.8) is 0 Å². The molecule has 0 spiro atoms. The first-order chi connectivity index (χ1) is 11.8. The van der Waals surface area contributed by atoms with Crippen LogP contribution in [0.25, 0.3) is 0 Å². The molecule has 2 aromatic carbocycles. The summed E-state index contributed by atoms with van der Waals surface area (Å²) in [6, 6.07) is 14.6. The highest BCUT2D eigenvalue weighted by atomic mass is 16.5. The van der Waals surface area contributed by atoms with E-state index in [1.807, 2.05) is 24.3 Å². The molecule has 5 heteroatoms. The van der Waals surface area contributed by atoms with E-state index in [2.05, 4.69) is 36.1 Å². The van der Waals surface area contributed by atoms with Gasteiger partial charge in [0.2, 0.25) is 5.91 Å². The molecule has 0 radical (unpaired) electrons. The lowest BCUT2D eigenvalue weighted by atomic mass is 9.87. The highest BCUT2D eigenvalue weighted by molar-refractivity contribution is 5.94. The average molecular weight is 340 g/mol. The monoisotopic (exact) mass is 340 g/mol. The Hall–Kier alpha value is -2.82. The van der Waals surface area contributed by atoms with Crippen LogP contribution in [0.2, 0.25) is 0 Å². The zero-order valence-electron chi connectivity index (χ0n) is 15.1. The van der Waals surface area contributed by atoms with Gasteiger partial charge in [0.25, 0.3) is 0 Å². The number of esters is 1. The van der Waals surface area contributed by atoms with Crippen LogP contribution in [0.4, 0.5) is 11.4 Å². The molecule has 132 valence electrons. The predicted octanol–water partition coefficient (Wildman–Crippen LogP) is 3.82. The number of ether oxygens (including phenoxy) is 1. The molecule has 2 rings (SSSR count). The minimum atomic E-state index is -0.386. The van der Waals surface area contributed by atoms with Crippen LogP contribution in [0, 0.1) is 0 Å². The van der Waals surface area contributed by atoms with E-state index in [1.165, 1.54) is 12.7 Å². The van der Waals surface area contributed by atoms with Gasteiger partial charge in [0.15, 0.2) is 0 Å². The highest BCUT2D eigenvalue weighted by Gasteiger charge is 2.13. The number of benzene rings is 2. The van der Waals surface area contributed by atoms with Crippen molar-refractivity contribution in [2.75, 3.05) is 24.3 Å². The summed E-state index contributed by atoms with van der Waals surface area (Å²) in [5, 5.41) is 5.87. The van der Waals surface area contributed by atoms with Gasteiger partial charge in [-0.25, -0.2) is 4.79 Å². The molecule has 1 amide bonds. The van der Waals surface area contributed by atoms with Gasteiger partial charge in [-0.05, 0) is 47.4 Å². The summed E-state index contributed by atoms with van der Waals surface area (Å²) in [7, 11) is 1.34. The van der Waals surface area contributed by atoms with Crippen LogP contribution >= 0.6 is 0 Å². The maximum absolute atomic E-state index is 12.0. The Morgan fingerprint density at radius 2 is 1.48 bits per heavy atom. The lowest BCUT2D eigenvalue weighted by Gasteiger charge is -2.19. The zero-order valence-corrected chi connectivity index (χ0v) is 15.1. The molecule has 2 N–H and O–H groups in total. The third kappa shape index (κ3) is 5.35. The molecule has 0 aliphatic heterocycles. The van der Waals surface area contributed by atoms with Gasteiger partial charge in [0, 0.05) is 11.4 Å². The number of rotatable bonds is 5. The molecule has 5 nitrogen and oxygen atoms in total. The first kappa shape index (κ1) is 18.5. The molecule has 0 atom stereocenters. The van der Waals surface area contributed by atoms with E-state index in [1.54, 1.807) is 24.3 Å². The molecule has 0 aromatic heterocycles. The molecule has 0 bridgehead atoms. The standard InChI is InChI=1S/C20H24N2O3/c1-20(2,3)15-7-11-17(12-8-15)22-18(23)13-21-16-9-5-14(6-10-16)19(24)25-4/h5-12,21H,13H2,1-4H3,(H,22,23). The van der Waals surface area contributed by atoms with Crippen molar-refractivity contribution in [1.82, 2.24) is 0 Å². The van der Waals surface area contributed by atoms with Crippen molar-refractivity contribution < 1.29 is 14.3 Å². The fourth-order valence-corrected chi connectivity index (χ4v) is 2.28. The van der Waals surface area contributed by atoms with Gasteiger partial charge in [-0.2, -0.15) is 0 Å². The molecule has 0 aliphatic rings. The Morgan fingerprint density at radius 3 is 2.00 bits per heavy atom. The lowest BCUT2D eigenvalue weighted by Crippen LogP contribution is -2.21. The summed E-state index contributed by atoms with van der Waals surface area (Å²) in [4.78, 5) is 23.4. The number of anilines is 2. The second-order valence-electron chi connectivity index (χ2n) is 6.80. The molecule has 25 heavy (non-hydrogen) atoms. The number of hydrogen-bond donors (Lipinski definition) is 2. The Balaban J connectivity index is 1.87. The number of methoxy groups -OCH3 is 1. The average Bonchev–Trinajstić information content (AvgIpc) is 2.59. The Kier molecular flexibility index (Phi) is 5.80. The fourth-order valence-electron chi connectivity index (χ4n) is 2.28. The maximum Gasteiger partial charge on any atom is 0.337 e. The smallest absolute Gasteiger partial charge is 0.337 e. The molecular formula is C20H24N2O3. The van der Waals surface area contributed by atoms with E-state index in [9.17, 15) is 9.59 Å². The SMILES string of the molecule is COC(=O)c1ccc(NCC(=O)Nc2ccc(C(C)(C)C)cc2)cc1. The molecule has 0 heterocycles. The molecule has 0 unspecified atom stereocenters. The number of amides is 1. The van der Waals surface area contributed by atoms with Gasteiger partial charge in [-0.15, -0.1) is 0 Å². The molecular weight excluding hydrogens is 316 g/mol. The third-order valence-electron chi connectivity index (χ3n) is 3.79. The predicted molar refractivity (Wildman–Crippen MR) is 100 cm³/mol. The summed E-state index contributed by atoms with van der Waals surface area (Å²) in [6.07, 6.45) is 0. The highest BCUT2D eigenvalue weighted by Crippen LogP contribution is 2.23. The van der Waals surface area contributed by atoms with Crippen LogP contribution in [0.3, 0.4) is 0 Å². The van der Waals surface area contributed by atoms with Crippen LogP contribution in [-0.4, -0.2) is 25.5 Å². The van der Waals surface area contributed by atoms with Crippen LogP contribution in [-0.2, 0) is 14.9 Å². The minimum Gasteiger partial charge on any atom is -0.465 e. The summed E-state index contributed by atoms with van der Waals surface area (Å²) in [6.45, 7) is 6.58. The Bertz CT molecular complexity index is 729. The van der Waals surface area contributed by atoms with Crippen molar-refractivity contribution in [2.45, 2.75) is 26.2 Å². The number of carbonyl (C=O) groups is 2. The summed E-state index contributed by atoms with van der Waals surface area (Å²) in [5.41, 5.74) is 3.29. The summed E-state index contributed by atoms with van der Waals surface area (Å²) < 4.78 is 4.65. The van der Waals surface area contributed by atoms with Crippen LogP contribution in [0.15, 0.2) is 48.5 Å². The first-order valence-corrected chi connectivity index (χ1v) is 8.12. The van der Waals surface area contributed by atoms with Crippen LogP contribution < -0.4 is 10.6 Å². The topological polar surface area (TPSA) is 67.4 Å². The number of hydrogen-bond acceptors (Lipinski definition) is 4. The second kappa shape index (κ2) is 7.83. The van der Waals surface area contributed by atoms with Crippen LogP contribution in [0.1, 0.15) is 36.7 Å². The van der Waals surface area contributed by atoms with E-state index in [4.69, 9.17) is 0 Å². The fraction of sp³-hybridized carbons (Fsp3) is 0.300. The van der Waals surface area contributed by atoms with Crippen molar-refractivity contribution in [2.24, 2.45) is 0 Å². The van der Waals surface area contributed by atoms with E-state index < -0.39 is 0 Å². The first-order valence-electron chi connectivity index (χ1n) is 8.12. The largest absolute Gasteiger partial charge is 0.465 e. The molecule has 0 aliphatic carbocycles. The van der Waals surface area contributed by atoms with Crippen molar-refractivity contribution >= 4 is 23.3 Å². The molecule has 0 saturated heterocycles. The van der Waals surface area contributed by atoms with E-state index in [-0.39, 0.29) is 23.8 Å². The van der Waals surface area contributed by atoms with Crippen molar-refractivity contribution in [3.8, 4) is 0 Å². The zero-order chi connectivity index (χ0) is 18.4. The van der Waals surface area contributed by atoms with E-state index in [0.29, 0.717) is 5.56 Å². The quantitative estimate of drug-likeness (QED) is 0.812. The van der Waals surface area contributed by atoms with Gasteiger partial charge in [-0.1, -0.05) is 32.9 Å². The van der Waals surface area contributed by atoms with Gasteiger partial charge in [0.05, 0.1) is 19.2 Å². The number of nitrogens with one attached hydrogen (secondary N) is 2. The van der Waals surface area contributed by atoms with Gasteiger partial charge >= 0.3 is 5.97 Å². The summed E-state index contributed by atoms with van der Waals surface area (Å²) >= 11 is 0. The Morgan fingerprint density at radius 1 is 0.920 bits per heavy atom. The maximum atomic E-state index is 12.0. The van der Waals surface area contributed by atoms with Gasteiger partial charge < -0.3 is 15.4 Å². The van der Waals surface area contributed by atoms with Crippen molar-refractivity contribution in [1.29, 1.82) is 0 Å². The Labute approximate surface area is 148 Å². The molecule has 0 saturated carbocycles. The molecule has 2 aromatic rings. The number of carbonyl (C=O) groups excluding carboxylic acids is 2.